The zero-order valence-electron chi connectivity index (χ0n) is 12.3. The lowest BCUT2D eigenvalue weighted by Gasteiger charge is -2.40. The molecule has 2 unspecified atom stereocenters. The average Bonchev–Trinajstić information content (AvgIpc) is 2.81. The molecule has 2 nitrogen and oxygen atoms in total. The summed E-state index contributed by atoms with van der Waals surface area (Å²) in [6.45, 7) is 11.2. The van der Waals surface area contributed by atoms with Crippen LogP contribution in [0.25, 0.3) is 0 Å². The zero-order valence-corrected chi connectivity index (χ0v) is 12.3. The summed E-state index contributed by atoms with van der Waals surface area (Å²) in [5.41, 5.74) is 0.351. The van der Waals surface area contributed by atoms with E-state index in [0.717, 1.165) is 12.8 Å². The Morgan fingerprint density at radius 3 is 2.50 bits per heavy atom. The first kappa shape index (κ1) is 12.7. The van der Waals surface area contributed by atoms with Gasteiger partial charge in [-0.1, -0.05) is 27.7 Å². The molecule has 0 amide bonds. The third-order valence-corrected chi connectivity index (χ3v) is 6.16. The van der Waals surface area contributed by atoms with Crippen molar-refractivity contribution in [3.05, 3.63) is 0 Å². The summed E-state index contributed by atoms with van der Waals surface area (Å²) in [6.07, 6.45) is 3.86. The van der Waals surface area contributed by atoms with Gasteiger partial charge in [0, 0.05) is 11.8 Å². The third kappa shape index (κ3) is 1.61. The van der Waals surface area contributed by atoms with Gasteiger partial charge in [-0.15, -0.1) is 0 Å². The monoisotopic (exact) mass is 250 g/mol. The van der Waals surface area contributed by atoms with E-state index in [1.807, 2.05) is 0 Å². The second-order valence-corrected chi connectivity index (χ2v) is 7.82. The maximum Gasteiger partial charge on any atom is 0.139 e. The highest BCUT2D eigenvalue weighted by molar-refractivity contribution is 5.86. The molecule has 0 aromatic heterocycles. The van der Waals surface area contributed by atoms with Crippen molar-refractivity contribution in [2.24, 2.45) is 29.1 Å². The molecule has 0 aromatic carbocycles. The number of carbonyl (C=O) groups excluding carboxylic acids is 1. The second kappa shape index (κ2) is 3.59. The van der Waals surface area contributed by atoms with Gasteiger partial charge in [-0.3, -0.25) is 4.79 Å². The summed E-state index contributed by atoms with van der Waals surface area (Å²) < 4.78 is 5.94. The van der Waals surface area contributed by atoms with E-state index in [1.165, 1.54) is 6.42 Å². The Kier molecular flexibility index (Phi) is 2.53. The zero-order chi connectivity index (χ0) is 13.3. The van der Waals surface area contributed by atoms with E-state index in [0.29, 0.717) is 23.7 Å². The van der Waals surface area contributed by atoms with E-state index in [-0.39, 0.29) is 22.9 Å². The molecule has 18 heavy (non-hydrogen) atoms. The fraction of sp³-hybridized carbons (Fsp3) is 0.938. The Morgan fingerprint density at radius 2 is 1.83 bits per heavy atom. The lowest BCUT2D eigenvalue weighted by Crippen LogP contribution is -2.36. The molecule has 3 rings (SSSR count). The predicted molar refractivity (Wildman–Crippen MR) is 71.2 cm³/mol. The van der Waals surface area contributed by atoms with Crippen LogP contribution in [0.5, 0.6) is 0 Å². The predicted octanol–water partition coefficient (Wildman–Crippen LogP) is 3.44. The van der Waals surface area contributed by atoms with Crippen LogP contribution in [0.1, 0.15) is 53.9 Å². The number of ether oxygens (including phenoxy) is 1. The van der Waals surface area contributed by atoms with Crippen LogP contribution in [0.4, 0.5) is 0 Å². The summed E-state index contributed by atoms with van der Waals surface area (Å²) >= 11 is 0. The highest BCUT2D eigenvalue weighted by atomic mass is 16.6. The Hall–Kier alpha value is -0.370. The van der Waals surface area contributed by atoms with Crippen LogP contribution in [-0.2, 0) is 9.53 Å². The van der Waals surface area contributed by atoms with E-state index in [9.17, 15) is 4.79 Å². The van der Waals surface area contributed by atoms with Crippen molar-refractivity contribution in [3.63, 3.8) is 0 Å². The van der Waals surface area contributed by atoms with Gasteiger partial charge in [-0.25, -0.2) is 0 Å². The number of epoxide rings is 1. The molecule has 0 spiro atoms. The molecule has 1 heterocycles. The van der Waals surface area contributed by atoms with Gasteiger partial charge in [-0.05, 0) is 43.4 Å². The van der Waals surface area contributed by atoms with Crippen LogP contribution >= 0.6 is 0 Å². The van der Waals surface area contributed by atoms with Crippen LogP contribution in [0.3, 0.4) is 0 Å². The largest absolute Gasteiger partial charge is 0.366 e. The lowest BCUT2D eigenvalue weighted by atomic mass is 9.63. The first-order chi connectivity index (χ1) is 8.26. The number of hydrogen-bond acceptors (Lipinski definition) is 2. The first-order valence-corrected chi connectivity index (χ1v) is 7.48. The van der Waals surface area contributed by atoms with Crippen molar-refractivity contribution in [3.8, 4) is 0 Å². The van der Waals surface area contributed by atoms with Crippen molar-refractivity contribution in [2.45, 2.75) is 65.6 Å². The second-order valence-electron chi connectivity index (χ2n) is 7.82. The Labute approximate surface area is 110 Å². The molecule has 2 saturated carbocycles. The fourth-order valence-corrected chi connectivity index (χ4v) is 5.01. The van der Waals surface area contributed by atoms with Gasteiger partial charge in [-0.2, -0.15) is 0 Å². The molecule has 6 atom stereocenters. The van der Waals surface area contributed by atoms with Gasteiger partial charge in [0.05, 0.1) is 11.7 Å². The van der Waals surface area contributed by atoms with Crippen molar-refractivity contribution in [1.82, 2.24) is 0 Å². The molecule has 1 aliphatic heterocycles. The molecule has 1 saturated heterocycles. The Bertz CT molecular complexity index is 387. The van der Waals surface area contributed by atoms with E-state index >= 15 is 0 Å². The van der Waals surface area contributed by atoms with Gasteiger partial charge < -0.3 is 4.74 Å². The van der Waals surface area contributed by atoms with Crippen molar-refractivity contribution < 1.29 is 9.53 Å². The maximum atomic E-state index is 12.3. The van der Waals surface area contributed by atoms with E-state index in [2.05, 4.69) is 34.6 Å². The van der Waals surface area contributed by atoms with Gasteiger partial charge in [0.15, 0.2) is 0 Å². The molecular weight excluding hydrogens is 224 g/mol. The first-order valence-electron chi connectivity index (χ1n) is 7.48. The molecule has 0 N–H and O–H groups in total. The SMILES string of the molecule is C[C@@H]1C(=O)[C@@H](C)[C@H]2[C@H]1CCC1(C)OC1CC2(C)C. The summed E-state index contributed by atoms with van der Waals surface area (Å²) in [4.78, 5) is 12.3. The summed E-state index contributed by atoms with van der Waals surface area (Å²) in [5, 5.41) is 0. The molecular formula is C16H26O2. The minimum atomic E-state index is 0.122. The Morgan fingerprint density at radius 1 is 1.17 bits per heavy atom. The van der Waals surface area contributed by atoms with E-state index < -0.39 is 0 Å². The maximum absolute atomic E-state index is 12.3. The Balaban J connectivity index is 1.94. The van der Waals surface area contributed by atoms with Gasteiger partial charge in [0.25, 0.3) is 0 Å². The quantitative estimate of drug-likeness (QED) is 0.616. The number of fused-ring (bicyclic) bond motifs is 2. The molecule has 2 aliphatic carbocycles. The van der Waals surface area contributed by atoms with Crippen molar-refractivity contribution >= 4 is 5.78 Å². The van der Waals surface area contributed by atoms with Crippen LogP contribution in [0, 0.1) is 29.1 Å². The molecule has 0 bridgehead atoms. The normalized spacial score (nSPS) is 54.3. The molecule has 3 fully saturated rings. The van der Waals surface area contributed by atoms with Crippen LogP contribution in [-0.4, -0.2) is 17.5 Å². The lowest BCUT2D eigenvalue weighted by molar-refractivity contribution is -0.124. The smallest absolute Gasteiger partial charge is 0.139 e. The molecule has 0 aromatic rings. The summed E-state index contributed by atoms with van der Waals surface area (Å²) in [6, 6.07) is 0. The third-order valence-electron chi connectivity index (χ3n) is 6.16. The molecule has 2 heteroatoms. The van der Waals surface area contributed by atoms with Gasteiger partial charge in [0.2, 0.25) is 0 Å². The highest BCUT2D eigenvalue weighted by Gasteiger charge is 2.60. The van der Waals surface area contributed by atoms with Crippen molar-refractivity contribution in [2.75, 3.05) is 0 Å². The number of rotatable bonds is 0. The summed E-state index contributed by atoms with van der Waals surface area (Å²) in [7, 11) is 0. The number of carbonyl (C=O) groups is 1. The van der Waals surface area contributed by atoms with Crippen LogP contribution < -0.4 is 0 Å². The molecule has 3 aliphatic rings. The minimum Gasteiger partial charge on any atom is -0.366 e. The van der Waals surface area contributed by atoms with E-state index in [1.54, 1.807) is 0 Å². The van der Waals surface area contributed by atoms with Crippen LogP contribution in [0.15, 0.2) is 0 Å². The highest BCUT2D eigenvalue weighted by Crippen LogP contribution is 2.58. The van der Waals surface area contributed by atoms with Gasteiger partial charge >= 0.3 is 0 Å². The molecule has 0 radical (unpaired) electrons. The number of ketones is 1. The minimum absolute atomic E-state index is 0.122. The molecule has 102 valence electrons. The number of hydrogen-bond donors (Lipinski definition) is 0. The standard InChI is InChI=1S/C16H26O2/c1-9-11-6-7-16(5)12(18-16)8-15(3,4)13(11)10(2)14(9)17/h9-13H,6-8H2,1-5H3/t9-,10-,11-,12?,13-,16?/m0/s1. The van der Waals surface area contributed by atoms with Gasteiger partial charge in [0.1, 0.15) is 5.78 Å². The van der Waals surface area contributed by atoms with E-state index in [4.69, 9.17) is 4.74 Å². The average molecular weight is 250 g/mol. The number of Topliss-reactive ketones (excluding diaryl/α,β-unsaturated/α-hetero) is 1. The van der Waals surface area contributed by atoms with Crippen molar-refractivity contribution in [1.29, 1.82) is 0 Å². The topological polar surface area (TPSA) is 29.6 Å². The van der Waals surface area contributed by atoms with Crippen LogP contribution in [0.2, 0.25) is 0 Å². The summed E-state index contributed by atoms with van der Waals surface area (Å²) in [5.74, 6) is 2.12. The fourth-order valence-electron chi connectivity index (χ4n) is 5.01.